The molecular formula is C24H25NO2. The second kappa shape index (κ2) is 9.24. The van der Waals surface area contributed by atoms with Gasteiger partial charge < -0.3 is 4.74 Å². The Morgan fingerprint density at radius 2 is 1.74 bits per heavy atom. The van der Waals surface area contributed by atoms with E-state index < -0.39 is 0 Å². The van der Waals surface area contributed by atoms with Crippen LogP contribution in [0.15, 0.2) is 72.9 Å². The van der Waals surface area contributed by atoms with Crippen LogP contribution in [0.5, 0.6) is 0 Å². The van der Waals surface area contributed by atoms with Crippen LogP contribution in [-0.2, 0) is 16.0 Å². The number of pyridine rings is 1. The van der Waals surface area contributed by atoms with E-state index in [1.807, 2.05) is 49.5 Å². The third-order valence-electron chi connectivity index (χ3n) is 4.70. The van der Waals surface area contributed by atoms with Gasteiger partial charge in [0, 0.05) is 37.8 Å². The Hall–Kier alpha value is -2.78. The molecule has 0 fully saturated rings. The normalized spacial score (nSPS) is 11.9. The lowest BCUT2D eigenvalue weighted by molar-refractivity contribution is -0.119. The summed E-state index contributed by atoms with van der Waals surface area (Å²) in [5, 5.41) is 0. The van der Waals surface area contributed by atoms with E-state index in [1.165, 1.54) is 0 Å². The summed E-state index contributed by atoms with van der Waals surface area (Å²) in [5.41, 5.74) is 5.47. The van der Waals surface area contributed by atoms with Gasteiger partial charge in [-0.3, -0.25) is 9.78 Å². The second-order valence-corrected chi connectivity index (χ2v) is 6.87. The van der Waals surface area contributed by atoms with Crippen molar-refractivity contribution >= 4 is 5.78 Å². The second-order valence-electron chi connectivity index (χ2n) is 6.87. The number of hydrogen-bond donors (Lipinski definition) is 0. The van der Waals surface area contributed by atoms with E-state index in [0.717, 1.165) is 27.9 Å². The predicted molar refractivity (Wildman–Crippen MR) is 109 cm³/mol. The zero-order valence-electron chi connectivity index (χ0n) is 15.9. The summed E-state index contributed by atoms with van der Waals surface area (Å²) in [6.07, 6.45) is 2.76. The number of Topliss-reactive ketones (excluding diaryl/α,β-unsaturated/α-hetero) is 1. The molecule has 0 bridgehead atoms. The number of rotatable bonds is 8. The van der Waals surface area contributed by atoms with Gasteiger partial charge in [0.25, 0.3) is 0 Å². The van der Waals surface area contributed by atoms with Gasteiger partial charge >= 0.3 is 0 Å². The predicted octanol–water partition coefficient (Wildman–Crippen LogP) is 4.99. The molecule has 0 aliphatic heterocycles. The lowest BCUT2D eigenvalue weighted by Crippen LogP contribution is -2.14. The van der Waals surface area contributed by atoms with Crippen LogP contribution in [0.4, 0.5) is 0 Å². The quantitative estimate of drug-likeness (QED) is 0.569. The minimum atomic E-state index is 0.0998. The Morgan fingerprint density at radius 3 is 2.41 bits per heavy atom. The fraction of sp³-hybridized carbons (Fsp3) is 0.250. The maximum absolute atomic E-state index is 12.6. The molecule has 1 unspecified atom stereocenters. The summed E-state index contributed by atoms with van der Waals surface area (Å²) in [5.74, 6) is 0.330. The fourth-order valence-corrected chi connectivity index (χ4v) is 3.31. The molecule has 0 radical (unpaired) electrons. The van der Waals surface area contributed by atoms with Crippen molar-refractivity contribution in [2.45, 2.75) is 25.7 Å². The van der Waals surface area contributed by atoms with Gasteiger partial charge in [0.15, 0.2) is 0 Å². The molecule has 2 aromatic carbocycles. The van der Waals surface area contributed by atoms with Crippen molar-refractivity contribution < 1.29 is 9.53 Å². The molecule has 3 heteroatoms. The van der Waals surface area contributed by atoms with E-state index in [0.29, 0.717) is 19.4 Å². The van der Waals surface area contributed by atoms with Crippen LogP contribution in [0.25, 0.3) is 11.1 Å². The number of methoxy groups -OCH3 is 1. The smallest absolute Gasteiger partial charge is 0.137 e. The monoisotopic (exact) mass is 359 g/mol. The molecule has 27 heavy (non-hydrogen) atoms. The Kier molecular flexibility index (Phi) is 6.50. The van der Waals surface area contributed by atoms with Crippen molar-refractivity contribution in [1.82, 2.24) is 4.98 Å². The zero-order chi connectivity index (χ0) is 19.1. The molecule has 1 heterocycles. The number of nitrogens with zero attached hydrogens (tertiary/aromatic N) is 1. The summed E-state index contributed by atoms with van der Waals surface area (Å²) >= 11 is 0. The molecule has 0 saturated carbocycles. The van der Waals surface area contributed by atoms with Crippen molar-refractivity contribution in [3.8, 4) is 11.1 Å². The minimum absolute atomic E-state index is 0.0998. The lowest BCUT2D eigenvalue weighted by atomic mass is 9.92. The largest absolute Gasteiger partial charge is 0.384 e. The van der Waals surface area contributed by atoms with Crippen LogP contribution in [0, 0.1) is 6.92 Å². The molecule has 0 amide bonds. The molecule has 0 aliphatic carbocycles. The number of carbonyl (C=O) groups is 1. The molecule has 1 aromatic heterocycles. The average Bonchev–Trinajstić information content (AvgIpc) is 2.69. The van der Waals surface area contributed by atoms with Crippen molar-refractivity contribution in [2.24, 2.45) is 0 Å². The van der Waals surface area contributed by atoms with Crippen molar-refractivity contribution in [1.29, 1.82) is 0 Å². The van der Waals surface area contributed by atoms with Crippen LogP contribution in [0.3, 0.4) is 0 Å². The molecular weight excluding hydrogens is 334 g/mol. The van der Waals surface area contributed by atoms with Gasteiger partial charge in [-0.1, -0.05) is 54.6 Å². The molecule has 0 N–H and O–H groups in total. The molecule has 3 aromatic rings. The summed E-state index contributed by atoms with van der Waals surface area (Å²) < 4.78 is 5.33. The van der Waals surface area contributed by atoms with Crippen molar-refractivity contribution in [2.75, 3.05) is 13.7 Å². The van der Waals surface area contributed by atoms with Gasteiger partial charge in [0.1, 0.15) is 5.78 Å². The Labute approximate surface area is 161 Å². The summed E-state index contributed by atoms with van der Waals surface area (Å²) in [7, 11) is 1.68. The number of aryl methyl sites for hydroxylation is 1. The van der Waals surface area contributed by atoms with Gasteiger partial charge in [-0.15, -0.1) is 0 Å². The molecule has 0 aliphatic rings. The topological polar surface area (TPSA) is 39.2 Å². The van der Waals surface area contributed by atoms with Gasteiger partial charge in [-0.05, 0) is 41.3 Å². The summed E-state index contributed by atoms with van der Waals surface area (Å²) in [4.78, 5) is 16.8. The fourth-order valence-electron chi connectivity index (χ4n) is 3.31. The average molecular weight is 359 g/mol. The van der Waals surface area contributed by atoms with Crippen molar-refractivity contribution in [3.63, 3.8) is 0 Å². The molecule has 0 saturated heterocycles. The van der Waals surface area contributed by atoms with Gasteiger partial charge in [-0.2, -0.15) is 0 Å². The SMILES string of the molecule is COCC(CC(=O)Cc1ccc(-c2ccnc(C)c2)cc1)c1ccccc1. The summed E-state index contributed by atoms with van der Waals surface area (Å²) in [6, 6.07) is 22.4. The van der Waals surface area contributed by atoms with Crippen molar-refractivity contribution in [3.05, 3.63) is 89.7 Å². The van der Waals surface area contributed by atoms with Gasteiger partial charge in [0.05, 0.1) is 6.61 Å². The highest BCUT2D eigenvalue weighted by molar-refractivity contribution is 5.82. The number of hydrogen-bond acceptors (Lipinski definition) is 3. The number of benzene rings is 2. The van der Waals surface area contributed by atoms with Crippen LogP contribution in [0.1, 0.15) is 29.2 Å². The molecule has 3 nitrogen and oxygen atoms in total. The molecule has 0 spiro atoms. The first-order valence-corrected chi connectivity index (χ1v) is 9.23. The lowest BCUT2D eigenvalue weighted by Gasteiger charge is -2.16. The van der Waals surface area contributed by atoms with Gasteiger partial charge in [-0.25, -0.2) is 0 Å². The number of carbonyl (C=O) groups excluding carboxylic acids is 1. The third kappa shape index (κ3) is 5.35. The van der Waals surface area contributed by atoms with E-state index in [4.69, 9.17) is 4.74 Å². The first-order valence-electron chi connectivity index (χ1n) is 9.23. The maximum atomic E-state index is 12.6. The third-order valence-corrected chi connectivity index (χ3v) is 4.70. The Morgan fingerprint density at radius 1 is 1.00 bits per heavy atom. The summed E-state index contributed by atoms with van der Waals surface area (Å²) in [6.45, 7) is 2.54. The first-order chi connectivity index (χ1) is 13.2. The highest BCUT2D eigenvalue weighted by atomic mass is 16.5. The van der Waals surface area contributed by atoms with E-state index in [-0.39, 0.29) is 11.7 Å². The van der Waals surface area contributed by atoms with E-state index in [2.05, 4.69) is 35.3 Å². The van der Waals surface area contributed by atoms with Crippen LogP contribution < -0.4 is 0 Å². The minimum Gasteiger partial charge on any atom is -0.384 e. The number of aromatic nitrogens is 1. The highest BCUT2D eigenvalue weighted by Crippen LogP contribution is 2.23. The molecule has 1 atom stereocenters. The number of ether oxygens (including phenoxy) is 1. The highest BCUT2D eigenvalue weighted by Gasteiger charge is 2.16. The number of ketones is 1. The maximum Gasteiger partial charge on any atom is 0.137 e. The Balaban J connectivity index is 1.65. The van der Waals surface area contributed by atoms with Crippen LogP contribution in [0.2, 0.25) is 0 Å². The van der Waals surface area contributed by atoms with E-state index in [9.17, 15) is 4.79 Å². The standard InChI is InChI=1S/C24H25NO2/c1-18-14-22(12-13-25-18)21-10-8-19(9-11-21)15-24(26)16-23(17-27-2)20-6-4-3-5-7-20/h3-14,23H,15-17H2,1-2H3. The molecule has 3 rings (SSSR count). The zero-order valence-corrected chi connectivity index (χ0v) is 15.9. The van der Waals surface area contributed by atoms with Crippen LogP contribution in [-0.4, -0.2) is 24.5 Å². The van der Waals surface area contributed by atoms with E-state index in [1.54, 1.807) is 7.11 Å². The first kappa shape index (κ1) is 19.0. The van der Waals surface area contributed by atoms with E-state index >= 15 is 0 Å². The van der Waals surface area contributed by atoms with Gasteiger partial charge in [0.2, 0.25) is 0 Å². The Bertz CT molecular complexity index is 872. The van der Waals surface area contributed by atoms with Crippen LogP contribution >= 0.6 is 0 Å². The molecule has 138 valence electrons.